The van der Waals surface area contributed by atoms with Crippen LogP contribution in [0.2, 0.25) is 10.0 Å². The molecule has 1 unspecified atom stereocenters. The van der Waals surface area contributed by atoms with Crippen molar-refractivity contribution in [2.45, 2.75) is 17.8 Å². The fourth-order valence-electron chi connectivity index (χ4n) is 2.35. The molecule has 0 saturated carbocycles. The third-order valence-corrected chi connectivity index (χ3v) is 5.41. The maximum Gasteiger partial charge on any atom is 0.416 e. The van der Waals surface area contributed by atoms with Crippen LogP contribution in [0.4, 0.5) is 18.9 Å². The van der Waals surface area contributed by atoms with Crippen molar-refractivity contribution in [3.63, 3.8) is 0 Å². The molecule has 0 bridgehead atoms. The van der Waals surface area contributed by atoms with Crippen LogP contribution in [0.5, 0.6) is 0 Å². The molecule has 1 heterocycles. The van der Waals surface area contributed by atoms with Crippen LogP contribution in [-0.2, 0) is 17.4 Å². The molecule has 3 rings (SSSR count). The molecule has 2 aromatic carbocycles. The number of thioether (sulfide) groups is 1. The summed E-state index contributed by atoms with van der Waals surface area (Å²) < 4.78 is 38.4. The Bertz CT molecular complexity index is 887. The molecule has 1 aliphatic rings. The lowest BCUT2D eigenvalue weighted by Gasteiger charge is -2.10. The van der Waals surface area contributed by atoms with E-state index in [1.54, 1.807) is 24.3 Å². The number of hydrogen-bond acceptors (Lipinski definition) is 3. The van der Waals surface area contributed by atoms with Gasteiger partial charge in [0.1, 0.15) is 0 Å². The molecule has 26 heavy (non-hydrogen) atoms. The molecular formula is C17H11Cl2F3N2OS. The number of aliphatic imine (C=N–C) groups is 1. The number of amides is 1. The second kappa shape index (κ2) is 7.50. The van der Waals surface area contributed by atoms with Crippen molar-refractivity contribution in [1.29, 1.82) is 0 Å². The van der Waals surface area contributed by atoms with Crippen molar-refractivity contribution in [3.8, 4) is 0 Å². The van der Waals surface area contributed by atoms with E-state index in [9.17, 15) is 18.0 Å². The van der Waals surface area contributed by atoms with Gasteiger partial charge >= 0.3 is 6.18 Å². The van der Waals surface area contributed by atoms with Crippen LogP contribution >= 0.6 is 35.0 Å². The number of carbonyl (C=O) groups excluding carboxylic acids is 1. The van der Waals surface area contributed by atoms with Gasteiger partial charge in [-0.05, 0) is 36.2 Å². The maximum absolute atomic E-state index is 12.8. The molecule has 2 aromatic rings. The quantitative estimate of drug-likeness (QED) is 0.717. The smallest absolute Gasteiger partial charge is 0.304 e. The number of halogens is 5. The van der Waals surface area contributed by atoms with Gasteiger partial charge in [-0.2, -0.15) is 13.2 Å². The minimum absolute atomic E-state index is 0.167. The molecule has 1 aliphatic heterocycles. The molecule has 1 saturated heterocycles. The van der Waals surface area contributed by atoms with Gasteiger partial charge in [-0.1, -0.05) is 53.2 Å². The number of alkyl halides is 3. The highest BCUT2D eigenvalue weighted by atomic mass is 35.5. The monoisotopic (exact) mass is 418 g/mol. The lowest BCUT2D eigenvalue weighted by Crippen LogP contribution is -2.26. The van der Waals surface area contributed by atoms with E-state index in [1.807, 2.05) is 0 Å². The third-order valence-electron chi connectivity index (χ3n) is 3.59. The summed E-state index contributed by atoms with van der Waals surface area (Å²) in [5.74, 6) is -0.300. The molecule has 0 radical (unpaired) electrons. The van der Waals surface area contributed by atoms with Crippen molar-refractivity contribution in [3.05, 3.63) is 63.6 Å². The van der Waals surface area contributed by atoms with Crippen molar-refractivity contribution in [2.24, 2.45) is 4.99 Å². The van der Waals surface area contributed by atoms with Gasteiger partial charge in [-0.25, -0.2) is 4.99 Å². The van der Waals surface area contributed by atoms with E-state index >= 15 is 0 Å². The molecule has 1 amide bonds. The average molecular weight is 419 g/mol. The fraction of sp³-hybridized carbons (Fsp3) is 0.176. The minimum atomic E-state index is -4.42. The van der Waals surface area contributed by atoms with E-state index in [4.69, 9.17) is 23.2 Å². The number of nitrogens with one attached hydrogen (secondary N) is 1. The van der Waals surface area contributed by atoms with E-state index in [0.29, 0.717) is 26.5 Å². The van der Waals surface area contributed by atoms with E-state index in [-0.39, 0.29) is 12.3 Å². The van der Waals surface area contributed by atoms with Crippen molar-refractivity contribution in [2.75, 3.05) is 0 Å². The SMILES string of the molecule is O=C1N/C(=N\c2ccc(Cl)c(Cl)c2)SC1Cc1cccc(C(F)(F)F)c1. The van der Waals surface area contributed by atoms with E-state index < -0.39 is 17.0 Å². The standard InChI is InChI=1S/C17H11Cl2F3N2OS/c18-12-5-4-11(8-13(12)19)23-16-24-15(25)14(26-16)7-9-2-1-3-10(6-9)17(20,21)22/h1-6,8,14H,7H2,(H,23,24,25). The summed E-state index contributed by atoms with van der Waals surface area (Å²) in [6.45, 7) is 0. The molecular weight excluding hydrogens is 408 g/mol. The zero-order valence-corrected chi connectivity index (χ0v) is 15.3. The molecule has 1 atom stereocenters. The van der Waals surface area contributed by atoms with Crippen molar-refractivity contribution < 1.29 is 18.0 Å². The summed E-state index contributed by atoms with van der Waals surface area (Å²) >= 11 is 12.9. The van der Waals surface area contributed by atoms with Gasteiger partial charge in [0.15, 0.2) is 5.17 Å². The second-order valence-electron chi connectivity index (χ2n) is 5.51. The van der Waals surface area contributed by atoms with Gasteiger partial charge in [-0.15, -0.1) is 0 Å². The average Bonchev–Trinajstić information content (AvgIpc) is 2.90. The van der Waals surface area contributed by atoms with E-state index in [2.05, 4.69) is 10.3 Å². The zero-order valence-electron chi connectivity index (χ0n) is 13.0. The summed E-state index contributed by atoms with van der Waals surface area (Å²) in [5.41, 5.74) is 0.216. The molecule has 136 valence electrons. The van der Waals surface area contributed by atoms with Crippen molar-refractivity contribution in [1.82, 2.24) is 5.32 Å². The highest BCUT2D eigenvalue weighted by Gasteiger charge is 2.33. The Labute approximate surface area is 161 Å². The van der Waals surface area contributed by atoms with E-state index in [0.717, 1.165) is 23.9 Å². The topological polar surface area (TPSA) is 41.5 Å². The molecule has 3 nitrogen and oxygen atoms in total. The van der Waals surface area contributed by atoms with Crippen LogP contribution in [0.3, 0.4) is 0 Å². The van der Waals surface area contributed by atoms with Gasteiger partial charge < -0.3 is 5.32 Å². The van der Waals surface area contributed by atoms with Gasteiger partial charge in [0, 0.05) is 0 Å². The highest BCUT2D eigenvalue weighted by Crippen LogP contribution is 2.32. The zero-order chi connectivity index (χ0) is 18.9. The van der Waals surface area contributed by atoms with Crippen LogP contribution in [-0.4, -0.2) is 16.3 Å². The predicted octanol–water partition coefficient (Wildman–Crippen LogP) is 5.47. The first kappa shape index (κ1) is 19.1. The Balaban J connectivity index is 1.74. The predicted molar refractivity (Wildman–Crippen MR) is 98.2 cm³/mol. The molecule has 0 aliphatic carbocycles. The van der Waals surface area contributed by atoms with Gasteiger partial charge in [0.25, 0.3) is 0 Å². The number of carbonyl (C=O) groups is 1. The van der Waals surface area contributed by atoms with Crippen LogP contribution in [0.15, 0.2) is 47.5 Å². The third kappa shape index (κ3) is 4.52. The molecule has 1 fully saturated rings. The molecule has 0 spiro atoms. The molecule has 1 N–H and O–H groups in total. The number of amidine groups is 1. The Morgan fingerprint density at radius 2 is 1.88 bits per heavy atom. The Morgan fingerprint density at radius 3 is 2.58 bits per heavy atom. The van der Waals surface area contributed by atoms with Crippen LogP contribution in [0, 0.1) is 0 Å². The van der Waals surface area contributed by atoms with Gasteiger partial charge in [0.05, 0.1) is 26.5 Å². The van der Waals surface area contributed by atoms with Crippen LogP contribution in [0.25, 0.3) is 0 Å². The maximum atomic E-state index is 12.8. The lowest BCUT2D eigenvalue weighted by atomic mass is 10.1. The van der Waals surface area contributed by atoms with Gasteiger partial charge in [0.2, 0.25) is 5.91 Å². The van der Waals surface area contributed by atoms with Crippen LogP contribution in [0.1, 0.15) is 11.1 Å². The van der Waals surface area contributed by atoms with Gasteiger partial charge in [-0.3, -0.25) is 4.79 Å². The number of nitrogens with zero attached hydrogens (tertiary/aromatic N) is 1. The second-order valence-corrected chi connectivity index (χ2v) is 7.52. The van der Waals surface area contributed by atoms with Crippen LogP contribution < -0.4 is 5.32 Å². The summed E-state index contributed by atoms with van der Waals surface area (Å²) in [6.07, 6.45) is -4.25. The Morgan fingerprint density at radius 1 is 1.12 bits per heavy atom. The summed E-state index contributed by atoms with van der Waals surface area (Å²) in [5, 5.41) is 3.16. The highest BCUT2D eigenvalue weighted by molar-refractivity contribution is 8.15. The largest absolute Gasteiger partial charge is 0.416 e. The minimum Gasteiger partial charge on any atom is -0.304 e. The summed E-state index contributed by atoms with van der Waals surface area (Å²) in [4.78, 5) is 16.4. The first-order chi connectivity index (χ1) is 12.2. The lowest BCUT2D eigenvalue weighted by molar-refractivity contribution is -0.137. The molecule has 0 aromatic heterocycles. The first-order valence-corrected chi connectivity index (χ1v) is 9.03. The Hall–Kier alpha value is -1.70. The number of rotatable bonds is 3. The number of benzene rings is 2. The Kier molecular flexibility index (Phi) is 5.50. The molecule has 9 heteroatoms. The summed E-state index contributed by atoms with van der Waals surface area (Å²) in [7, 11) is 0. The number of hydrogen-bond donors (Lipinski definition) is 1. The normalized spacial score (nSPS) is 19.0. The summed E-state index contributed by atoms with van der Waals surface area (Å²) in [6, 6.07) is 9.75. The van der Waals surface area contributed by atoms with Crippen molar-refractivity contribution >= 4 is 51.7 Å². The van der Waals surface area contributed by atoms with E-state index in [1.165, 1.54) is 6.07 Å². The fourth-order valence-corrected chi connectivity index (χ4v) is 3.67. The first-order valence-electron chi connectivity index (χ1n) is 7.40.